The van der Waals surface area contributed by atoms with E-state index in [-0.39, 0.29) is 11.1 Å². The van der Waals surface area contributed by atoms with Crippen molar-refractivity contribution in [3.63, 3.8) is 0 Å². The minimum atomic E-state index is -0.954. The van der Waals surface area contributed by atoms with Gasteiger partial charge in [-0.1, -0.05) is 11.6 Å². The molecule has 1 aliphatic rings. The summed E-state index contributed by atoms with van der Waals surface area (Å²) in [5, 5.41) is 9.02. The van der Waals surface area contributed by atoms with Crippen LogP contribution in [-0.4, -0.2) is 38.7 Å². The van der Waals surface area contributed by atoms with Gasteiger partial charge in [0.05, 0.1) is 0 Å². The predicted molar refractivity (Wildman–Crippen MR) is 68.7 cm³/mol. The quantitative estimate of drug-likeness (QED) is 0.778. The summed E-state index contributed by atoms with van der Waals surface area (Å²) >= 11 is 5.87. The highest BCUT2D eigenvalue weighted by molar-refractivity contribution is 6.29. The lowest BCUT2D eigenvalue weighted by Gasteiger charge is -2.31. The van der Waals surface area contributed by atoms with Crippen molar-refractivity contribution in [1.82, 2.24) is 14.5 Å². The number of nitrogens with zero attached hydrogens (tertiary/aromatic N) is 2. The van der Waals surface area contributed by atoms with E-state index in [1.165, 1.54) is 9.47 Å². The lowest BCUT2D eigenvalue weighted by atomic mass is 9.98. The highest BCUT2D eigenvalue weighted by Gasteiger charge is 2.24. The van der Waals surface area contributed by atoms with Gasteiger partial charge in [-0.15, -0.1) is 0 Å². The molecule has 0 bridgehead atoms. The molecule has 0 spiro atoms. The van der Waals surface area contributed by atoms with Crippen molar-refractivity contribution in [3.05, 3.63) is 32.1 Å². The molecule has 7 nitrogen and oxygen atoms in total. The number of piperidine rings is 1. The molecule has 0 aromatic carbocycles. The highest BCUT2D eigenvalue weighted by Crippen LogP contribution is 2.19. The number of nitrogens with one attached hydrogen (secondary N) is 1. The van der Waals surface area contributed by atoms with Gasteiger partial charge >= 0.3 is 11.8 Å². The molecule has 0 radical (unpaired) electrons. The van der Waals surface area contributed by atoms with E-state index in [0.29, 0.717) is 19.6 Å². The summed E-state index contributed by atoms with van der Waals surface area (Å²) in [6, 6.07) is 1.14. The molecule has 104 valence electrons. The summed E-state index contributed by atoms with van der Waals surface area (Å²) in [6.07, 6.45) is 0.628. The van der Waals surface area contributed by atoms with Crippen LogP contribution < -0.4 is 11.2 Å². The number of carboxylic acid groups (broad SMARTS) is 1. The van der Waals surface area contributed by atoms with E-state index in [0.717, 1.165) is 18.9 Å². The summed E-state index contributed by atoms with van der Waals surface area (Å²) in [5.41, 5.74) is -1.10. The number of halogens is 1. The number of aromatic nitrogens is 2. The fourth-order valence-electron chi connectivity index (χ4n) is 2.31. The molecule has 1 aromatic heterocycles. The largest absolute Gasteiger partial charge is 0.465 e. The second-order valence-electron chi connectivity index (χ2n) is 4.61. The van der Waals surface area contributed by atoms with Crippen LogP contribution in [0.3, 0.4) is 0 Å². The first-order valence-electron chi connectivity index (χ1n) is 5.95. The molecule has 1 fully saturated rings. The maximum atomic E-state index is 11.6. The first-order chi connectivity index (χ1) is 8.97. The third kappa shape index (κ3) is 3.17. The maximum Gasteiger partial charge on any atom is 0.407 e. The zero-order valence-corrected chi connectivity index (χ0v) is 10.9. The fraction of sp³-hybridized carbons (Fsp3) is 0.545. The Hall–Kier alpha value is -1.76. The SMILES string of the molecule is O=C(O)N1CCCC(Cn2c(Cl)cc(=O)[nH]c2=O)C1. The Morgan fingerprint density at radius 1 is 1.53 bits per heavy atom. The first kappa shape index (κ1) is 13.7. The van der Waals surface area contributed by atoms with E-state index in [2.05, 4.69) is 4.98 Å². The van der Waals surface area contributed by atoms with Crippen LogP contribution in [0.15, 0.2) is 15.7 Å². The summed E-state index contributed by atoms with van der Waals surface area (Å²) in [6.45, 7) is 1.19. The number of aromatic amines is 1. The lowest BCUT2D eigenvalue weighted by Crippen LogP contribution is -2.42. The van der Waals surface area contributed by atoms with Gasteiger partial charge in [-0.25, -0.2) is 9.59 Å². The standard InChI is InChI=1S/C11H14ClN3O4/c12-8-4-9(16)13-10(17)15(8)6-7-2-1-3-14(5-7)11(18)19/h4,7H,1-3,5-6H2,(H,18,19)(H,13,16,17). The third-order valence-electron chi connectivity index (χ3n) is 3.21. The van der Waals surface area contributed by atoms with Crippen LogP contribution in [0.1, 0.15) is 12.8 Å². The molecule has 1 aromatic rings. The van der Waals surface area contributed by atoms with Crippen molar-refractivity contribution in [2.24, 2.45) is 5.92 Å². The Morgan fingerprint density at radius 2 is 2.26 bits per heavy atom. The molecule has 1 aliphatic heterocycles. The Labute approximate surface area is 113 Å². The maximum absolute atomic E-state index is 11.6. The van der Waals surface area contributed by atoms with Gasteiger partial charge in [-0.3, -0.25) is 14.3 Å². The molecule has 2 heterocycles. The smallest absolute Gasteiger partial charge is 0.407 e. The van der Waals surface area contributed by atoms with Crippen molar-refractivity contribution in [2.75, 3.05) is 13.1 Å². The molecule has 2 N–H and O–H groups in total. The van der Waals surface area contributed by atoms with Crippen LogP contribution >= 0.6 is 11.6 Å². The van der Waals surface area contributed by atoms with E-state index in [1.807, 2.05) is 0 Å². The lowest BCUT2D eigenvalue weighted by molar-refractivity contribution is 0.116. The number of likely N-dealkylation sites (tertiary alicyclic amines) is 1. The van der Waals surface area contributed by atoms with E-state index >= 15 is 0 Å². The van der Waals surface area contributed by atoms with Gasteiger partial charge in [-0.2, -0.15) is 0 Å². The van der Waals surface area contributed by atoms with Gasteiger partial charge < -0.3 is 10.0 Å². The number of rotatable bonds is 2. The molecular weight excluding hydrogens is 274 g/mol. The van der Waals surface area contributed by atoms with E-state index < -0.39 is 17.3 Å². The number of carbonyl (C=O) groups is 1. The topological polar surface area (TPSA) is 95.4 Å². The molecule has 19 heavy (non-hydrogen) atoms. The second-order valence-corrected chi connectivity index (χ2v) is 5.00. The number of amides is 1. The summed E-state index contributed by atoms with van der Waals surface area (Å²) in [7, 11) is 0. The van der Waals surface area contributed by atoms with Gasteiger partial charge in [-0.05, 0) is 18.8 Å². The number of H-pyrrole nitrogens is 1. The molecule has 1 amide bonds. The van der Waals surface area contributed by atoms with Gasteiger partial charge in [0.1, 0.15) is 5.15 Å². The molecule has 8 heteroatoms. The molecule has 2 rings (SSSR count). The van der Waals surface area contributed by atoms with Crippen LogP contribution in [0.4, 0.5) is 4.79 Å². The minimum Gasteiger partial charge on any atom is -0.465 e. The predicted octanol–water partition coefficient (Wildman–Crippen LogP) is 0.580. The average molecular weight is 288 g/mol. The molecular formula is C11H14ClN3O4. The van der Waals surface area contributed by atoms with Crippen LogP contribution in [-0.2, 0) is 6.54 Å². The first-order valence-corrected chi connectivity index (χ1v) is 6.32. The third-order valence-corrected chi connectivity index (χ3v) is 3.53. The average Bonchev–Trinajstić information content (AvgIpc) is 2.34. The Morgan fingerprint density at radius 3 is 2.89 bits per heavy atom. The van der Waals surface area contributed by atoms with Crippen LogP contribution in [0.2, 0.25) is 5.15 Å². The minimum absolute atomic E-state index is 0.0194. The molecule has 1 atom stereocenters. The van der Waals surface area contributed by atoms with Gasteiger partial charge in [0.2, 0.25) is 0 Å². The van der Waals surface area contributed by atoms with Crippen molar-refractivity contribution >= 4 is 17.7 Å². The van der Waals surface area contributed by atoms with Crippen molar-refractivity contribution in [2.45, 2.75) is 19.4 Å². The van der Waals surface area contributed by atoms with E-state index in [1.54, 1.807) is 0 Å². The van der Waals surface area contributed by atoms with Crippen LogP contribution in [0.5, 0.6) is 0 Å². The molecule has 0 aliphatic carbocycles. The van der Waals surface area contributed by atoms with Crippen LogP contribution in [0, 0.1) is 5.92 Å². The van der Waals surface area contributed by atoms with Gasteiger partial charge in [0, 0.05) is 25.7 Å². The van der Waals surface area contributed by atoms with E-state index in [4.69, 9.17) is 16.7 Å². The van der Waals surface area contributed by atoms with Crippen molar-refractivity contribution in [1.29, 1.82) is 0 Å². The number of hydrogen-bond donors (Lipinski definition) is 2. The van der Waals surface area contributed by atoms with Crippen LogP contribution in [0.25, 0.3) is 0 Å². The zero-order valence-electron chi connectivity index (χ0n) is 10.1. The van der Waals surface area contributed by atoms with E-state index in [9.17, 15) is 14.4 Å². The second kappa shape index (κ2) is 5.48. The monoisotopic (exact) mass is 287 g/mol. The zero-order chi connectivity index (χ0) is 14.0. The Kier molecular flexibility index (Phi) is 3.94. The molecule has 1 unspecified atom stereocenters. The fourth-order valence-corrected chi connectivity index (χ4v) is 2.55. The highest BCUT2D eigenvalue weighted by atomic mass is 35.5. The normalized spacial score (nSPS) is 19.4. The number of hydrogen-bond acceptors (Lipinski definition) is 3. The summed E-state index contributed by atoms with van der Waals surface area (Å²) in [4.78, 5) is 37.1. The van der Waals surface area contributed by atoms with Crippen molar-refractivity contribution < 1.29 is 9.90 Å². The van der Waals surface area contributed by atoms with Gasteiger partial charge in [0.15, 0.2) is 0 Å². The Bertz CT molecular complexity index is 594. The Balaban J connectivity index is 2.15. The molecule has 1 saturated heterocycles. The van der Waals surface area contributed by atoms with Gasteiger partial charge in [0.25, 0.3) is 5.56 Å². The van der Waals surface area contributed by atoms with Crippen molar-refractivity contribution in [3.8, 4) is 0 Å². The molecule has 0 saturated carbocycles. The summed E-state index contributed by atoms with van der Waals surface area (Å²) < 4.78 is 1.26. The summed E-state index contributed by atoms with van der Waals surface area (Å²) in [5.74, 6) is 0.0194.